The zero-order chi connectivity index (χ0) is 28.7. The highest BCUT2D eigenvalue weighted by Crippen LogP contribution is 2.40. The average Bonchev–Trinajstić information content (AvgIpc) is 3.50. The Morgan fingerprint density at radius 1 is 1.10 bits per heavy atom. The van der Waals surface area contributed by atoms with Crippen molar-refractivity contribution in [3.63, 3.8) is 0 Å². The third-order valence-corrected chi connectivity index (χ3v) is 7.19. The molecule has 6 rings (SSSR count). The van der Waals surface area contributed by atoms with Crippen LogP contribution in [-0.4, -0.2) is 37.7 Å². The van der Waals surface area contributed by atoms with E-state index in [0.717, 1.165) is 16.3 Å². The van der Waals surface area contributed by atoms with Crippen LogP contribution in [0.5, 0.6) is 0 Å². The lowest BCUT2D eigenvalue weighted by Crippen LogP contribution is -2.20. The number of rotatable bonds is 7. The lowest BCUT2D eigenvalue weighted by molar-refractivity contribution is 0.425. The summed E-state index contributed by atoms with van der Waals surface area (Å²) in [4.78, 5) is 8.72. The van der Waals surface area contributed by atoms with Crippen molar-refractivity contribution in [3.05, 3.63) is 83.6 Å². The molecule has 0 unspecified atom stereocenters. The zero-order valence-electron chi connectivity index (χ0n) is 22.9. The van der Waals surface area contributed by atoms with E-state index in [2.05, 4.69) is 63.8 Å². The molecule has 0 radical (unpaired) electrons. The van der Waals surface area contributed by atoms with Gasteiger partial charge in [-0.25, -0.2) is 9.07 Å². The van der Waals surface area contributed by atoms with Crippen LogP contribution >= 0.6 is 0 Å². The summed E-state index contributed by atoms with van der Waals surface area (Å²) in [5.41, 5.74) is 4.05. The van der Waals surface area contributed by atoms with Crippen molar-refractivity contribution in [2.24, 2.45) is 5.41 Å². The van der Waals surface area contributed by atoms with Crippen LogP contribution in [-0.2, 0) is 0 Å². The quantitative estimate of drug-likeness (QED) is 0.253. The Hall–Kier alpha value is -5.09. The number of nitrogens with zero attached hydrogens (tertiary/aromatic N) is 7. The number of hydrogen-bond donors (Lipinski definition) is 2. The number of alkyl halides is 1. The molecule has 3 aromatic heterocycles. The average molecular weight is 546 g/mol. The van der Waals surface area contributed by atoms with Gasteiger partial charge in [-0.2, -0.15) is 10.5 Å². The van der Waals surface area contributed by atoms with Crippen molar-refractivity contribution in [1.82, 2.24) is 25.0 Å². The van der Waals surface area contributed by atoms with E-state index in [1.807, 2.05) is 30.3 Å². The minimum atomic E-state index is -0.917. The lowest BCUT2D eigenvalue weighted by atomic mass is 9.96. The molecule has 1 fully saturated rings. The predicted molar refractivity (Wildman–Crippen MR) is 155 cm³/mol. The van der Waals surface area contributed by atoms with Crippen LogP contribution < -0.4 is 10.6 Å². The first-order chi connectivity index (χ1) is 19.8. The van der Waals surface area contributed by atoms with E-state index in [1.54, 1.807) is 29.3 Å². The molecule has 2 aromatic carbocycles. The van der Waals surface area contributed by atoms with Crippen molar-refractivity contribution in [2.75, 3.05) is 17.2 Å². The van der Waals surface area contributed by atoms with E-state index >= 15 is 0 Å². The first-order valence-corrected chi connectivity index (χ1v) is 13.4. The first-order valence-electron chi connectivity index (χ1n) is 13.4. The molecule has 0 amide bonds. The molecule has 9 nitrogen and oxygen atoms in total. The Morgan fingerprint density at radius 3 is 2.63 bits per heavy atom. The highest BCUT2D eigenvalue weighted by atomic mass is 19.1. The van der Waals surface area contributed by atoms with Crippen LogP contribution in [0.2, 0.25) is 0 Å². The van der Waals surface area contributed by atoms with Crippen LogP contribution in [0, 0.1) is 28.1 Å². The Balaban J connectivity index is 1.50. The van der Waals surface area contributed by atoms with Gasteiger partial charge in [-0.05, 0) is 34.6 Å². The van der Waals surface area contributed by atoms with Crippen LogP contribution in [0.15, 0.2) is 61.2 Å². The van der Waals surface area contributed by atoms with Crippen molar-refractivity contribution < 1.29 is 4.39 Å². The SMILES string of the molecule is CC(C)(C)CNc1c(C#N)cnc2c(C#N)cc(N[C@H](c3cn([C@@H]4C[C@@H]4F)nn3)c3cccc4cnccc34)cc12. The molecule has 0 bridgehead atoms. The minimum absolute atomic E-state index is 0.0451. The Kier molecular flexibility index (Phi) is 6.47. The fraction of sp³-hybridized carbons (Fsp3) is 0.290. The van der Waals surface area contributed by atoms with E-state index in [1.165, 1.54) is 6.20 Å². The molecule has 204 valence electrons. The summed E-state index contributed by atoms with van der Waals surface area (Å²) in [6, 6.07) is 15.3. The normalized spacial score (nSPS) is 17.1. The van der Waals surface area contributed by atoms with Gasteiger partial charge in [0.1, 0.15) is 24.0 Å². The fourth-order valence-electron chi connectivity index (χ4n) is 4.99. The maximum absolute atomic E-state index is 13.8. The highest BCUT2D eigenvalue weighted by molar-refractivity contribution is 5.99. The van der Waals surface area contributed by atoms with Gasteiger partial charge in [-0.3, -0.25) is 9.97 Å². The summed E-state index contributed by atoms with van der Waals surface area (Å²) in [6.45, 7) is 6.93. The van der Waals surface area contributed by atoms with E-state index in [4.69, 9.17) is 0 Å². The number of aromatic nitrogens is 5. The smallest absolute Gasteiger partial charge is 0.125 e. The van der Waals surface area contributed by atoms with Gasteiger partial charge in [-0.15, -0.1) is 5.10 Å². The van der Waals surface area contributed by atoms with Gasteiger partial charge in [0.25, 0.3) is 0 Å². The number of benzene rings is 2. The molecule has 0 saturated heterocycles. The monoisotopic (exact) mass is 545 g/mol. The Labute approximate surface area is 236 Å². The molecular formula is C31H28FN9. The van der Waals surface area contributed by atoms with Gasteiger partial charge < -0.3 is 10.6 Å². The van der Waals surface area contributed by atoms with Gasteiger partial charge in [0.2, 0.25) is 0 Å². The number of pyridine rings is 2. The van der Waals surface area contributed by atoms with Crippen molar-refractivity contribution >= 4 is 33.1 Å². The van der Waals surface area contributed by atoms with Crippen LogP contribution in [0.4, 0.5) is 15.8 Å². The molecule has 0 spiro atoms. The second kappa shape index (κ2) is 10.1. The molecule has 1 saturated carbocycles. The topological polar surface area (TPSA) is 128 Å². The zero-order valence-corrected chi connectivity index (χ0v) is 22.9. The van der Waals surface area contributed by atoms with E-state index < -0.39 is 12.2 Å². The summed E-state index contributed by atoms with van der Waals surface area (Å²) in [6.07, 6.45) is 6.33. The molecule has 5 aromatic rings. The standard InChI is InChI=1S/C31H28FN9/c1-31(2,3)17-37-29-20(13-34)15-36-28-19(12-33)9-21(10-24(28)29)38-30(26-16-41(40-39-26)27-11-25(27)32)23-6-4-5-18-14-35-8-7-22(18)23/h4-10,14-16,25,27,30,38H,11,17H2,1-3H3,(H,36,37)/t25-,27+,30-/m0/s1. The largest absolute Gasteiger partial charge is 0.383 e. The number of nitriles is 2. The first kappa shape index (κ1) is 26.1. The fourth-order valence-corrected chi connectivity index (χ4v) is 4.99. The molecule has 41 heavy (non-hydrogen) atoms. The van der Waals surface area contributed by atoms with Gasteiger partial charge in [0.05, 0.1) is 40.6 Å². The maximum Gasteiger partial charge on any atom is 0.125 e. The summed E-state index contributed by atoms with van der Waals surface area (Å²) < 4.78 is 15.4. The Morgan fingerprint density at radius 2 is 1.90 bits per heavy atom. The number of halogens is 1. The summed E-state index contributed by atoms with van der Waals surface area (Å²) >= 11 is 0. The molecule has 1 aliphatic rings. The molecule has 2 N–H and O–H groups in total. The third kappa shape index (κ3) is 5.12. The number of fused-ring (bicyclic) bond motifs is 2. The Bertz CT molecular complexity index is 1850. The predicted octanol–water partition coefficient (Wildman–Crippen LogP) is 6.06. The van der Waals surface area contributed by atoms with Gasteiger partial charge >= 0.3 is 0 Å². The molecular weight excluding hydrogens is 517 g/mol. The number of hydrogen-bond acceptors (Lipinski definition) is 8. The lowest BCUT2D eigenvalue weighted by Gasteiger charge is -2.23. The van der Waals surface area contributed by atoms with Crippen molar-refractivity contribution in [3.8, 4) is 12.1 Å². The molecule has 1 aliphatic carbocycles. The molecule has 3 atom stereocenters. The molecule has 3 heterocycles. The van der Waals surface area contributed by atoms with Gasteiger partial charge in [-0.1, -0.05) is 44.2 Å². The summed E-state index contributed by atoms with van der Waals surface area (Å²) in [7, 11) is 0. The highest BCUT2D eigenvalue weighted by Gasteiger charge is 2.40. The van der Waals surface area contributed by atoms with E-state index in [-0.39, 0.29) is 11.5 Å². The second-order valence-electron chi connectivity index (χ2n) is 11.6. The number of nitrogens with one attached hydrogen (secondary N) is 2. The van der Waals surface area contributed by atoms with E-state index in [0.29, 0.717) is 52.1 Å². The summed E-state index contributed by atoms with van der Waals surface area (Å²) in [5, 5.41) is 38.2. The maximum atomic E-state index is 13.8. The third-order valence-electron chi connectivity index (χ3n) is 7.19. The minimum Gasteiger partial charge on any atom is -0.383 e. The van der Waals surface area contributed by atoms with Gasteiger partial charge in [0.15, 0.2) is 0 Å². The van der Waals surface area contributed by atoms with Crippen LogP contribution in [0.1, 0.15) is 61.7 Å². The number of anilines is 2. The van der Waals surface area contributed by atoms with E-state index in [9.17, 15) is 14.9 Å². The van der Waals surface area contributed by atoms with Crippen molar-refractivity contribution in [1.29, 1.82) is 10.5 Å². The second-order valence-corrected chi connectivity index (χ2v) is 11.6. The van der Waals surface area contributed by atoms with Crippen molar-refractivity contribution in [2.45, 2.75) is 45.4 Å². The van der Waals surface area contributed by atoms with Crippen LogP contribution in [0.25, 0.3) is 21.7 Å². The molecule has 10 heteroatoms. The summed E-state index contributed by atoms with van der Waals surface area (Å²) in [5.74, 6) is 0. The molecule has 0 aliphatic heterocycles. The van der Waals surface area contributed by atoms with Crippen LogP contribution in [0.3, 0.4) is 0 Å². The van der Waals surface area contributed by atoms with Gasteiger partial charge in [0, 0.05) is 48.0 Å².